The second-order valence-corrected chi connectivity index (χ2v) is 4.02. The Bertz CT molecular complexity index is 173. The molecule has 0 bridgehead atoms. The molecule has 70 valence electrons. The predicted octanol–water partition coefficient (Wildman–Crippen LogP) is 1.91. The van der Waals surface area contributed by atoms with E-state index in [0.29, 0.717) is 6.42 Å². The van der Waals surface area contributed by atoms with Gasteiger partial charge in [-0.25, -0.2) is 0 Å². The molecular weight excluding hydrogens is 152 g/mol. The molecule has 2 heteroatoms. The molecule has 2 atom stereocenters. The van der Waals surface area contributed by atoms with Gasteiger partial charge in [0, 0.05) is 12.3 Å². The molecule has 0 heterocycles. The molecule has 0 aromatic heterocycles. The molecule has 1 aliphatic rings. The van der Waals surface area contributed by atoms with Crippen LogP contribution < -0.4 is 0 Å². The average molecular weight is 170 g/mol. The lowest BCUT2D eigenvalue weighted by Crippen LogP contribution is -2.36. The van der Waals surface area contributed by atoms with Gasteiger partial charge in [-0.2, -0.15) is 0 Å². The Morgan fingerprint density at radius 3 is 2.75 bits per heavy atom. The number of aliphatic hydroxyl groups is 1. The summed E-state index contributed by atoms with van der Waals surface area (Å²) < 4.78 is 0. The molecule has 1 saturated carbocycles. The van der Waals surface area contributed by atoms with Crippen LogP contribution in [0.3, 0.4) is 0 Å². The van der Waals surface area contributed by atoms with Gasteiger partial charge >= 0.3 is 0 Å². The van der Waals surface area contributed by atoms with Crippen LogP contribution in [0.5, 0.6) is 0 Å². The second-order valence-electron chi connectivity index (χ2n) is 4.02. The molecule has 0 aliphatic heterocycles. The van der Waals surface area contributed by atoms with Crippen LogP contribution in [0.25, 0.3) is 0 Å². The maximum Gasteiger partial charge on any atom is 0.138 e. The van der Waals surface area contributed by atoms with Crippen LogP contribution in [-0.2, 0) is 4.79 Å². The van der Waals surface area contributed by atoms with E-state index in [1.165, 1.54) is 0 Å². The molecule has 0 saturated heterocycles. The second kappa shape index (κ2) is 3.56. The molecule has 1 rings (SSSR count). The van der Waals surface area contributed by atoms with Crippen molar-refractivity contribution in [1.29, 1.82) is 0 Å². The highest BCUT2D eigenvalue weighted by molar-refractivity contribution is 5.83. The monoisotopic (exact) mass is 170 g/mol. The summed E-state index contributed by atoms with van der Waals surface area (Å²) in [7, 11) is 0. The van der Waals surface area contributed by atoms with E-state index in [0.717, 1.165) is 25.7 Å². The highest BCUT2D eigenvalue weighted by atomic mass is 16.3. The zero-order valence-electron chi connectivity index (χ0n) is 7.97. The number of carbonyl (C=O) groups excluding carboxylic acids is 1. The van der Waals surface area contributed by atoms with Crippen LogP contribution in [0, 0.1) is 5.92 Å². The number of ketones is 1. The summed E-state index contributed by atoms with van der Waals surface area (Å²) in [6, 6.07) is 0. The molecule has 1 fully saturated rings. The first-order valence-electron chi connectivity index (χ1n) is 4.83. The van der Waals surface area contributed by atoms with Crippen molar-refractivity contribution in [2.75, 3.05) is 0 Å². The van der Waals surface area contributed by atoms with Crippen molar-refractivity contribution >= 4 is 5.78 Å². The third kappa shape index (κ3) is 1.86. The third-order valence-corrected chi connectivity index (χ3v) is 2.81. The van der Waals surface area contributed by atoms with Crippen LogP contribution in [0.1, 0.15) is 46.0 Å². The fourth-order valence-corrected chi connectivity index (χ4v) is 2.15. The van der Waals surface area contributed by atoms with Crippen LogP contribution in [0.2, 0.25) is 0 Å². The molecule has 2 unspecified atom stereocenters. The maximum atomic E-state index is 11.3. The van der Waals surface area contributed by atoms with Crippen molar-refractivity contribution in [3.05, 3.63) is 0 Å². The maximum absolute atomic E-state index is 11.3. The van der Waals surface area contributed by atoms with Crippen molar-refractivity contribution in [2.24, 2.45) is 5.92 Å². The molecule has 0 spiro atoms. The number of carbonyl (C=O) groups is 1. The lowest BCUT2D eigenvalue weighted by atomic mass is 9.84. The molecule has 0 radical (unpaired) electrons. The summed E-state index contributed by atoms with van der Waals surface area (Å²) in [5.41, 5.74) is -0.748. The summed E-state index contributed by atoms with van der Waals surface area (Å²) in [5, 5.41) is 9.96. The van der Waals surface area contributed by atoms with Gasteiger partial charge in [-0.05, 0) is 26.2 Å². The Hall–Kier alpha value is -0.370. The first kappa shape index (κ1) is 9.72. The zero-order valence-corrected chi connectivity index (χ0v) is 7.97. The number of hydrogen-bond acceptors (Lipinski definition) is 2. The number of hydrogen-bond donors (Lipinski definition) is 1. The fraction of sp³-hybridized carbons (Fsp3) is 0.900. The lowest BCUT2D eigenvalue weighted by molar-refractivity contribution is -0.128. The summed E-state index contributed by atoms with van der Waals surface area (Å²) in [5.74, 6) is 0.172. The van der Waals surface area contributed by atoms with E-state index >= 15 is 0 Å². The van der Waals surface area contributed by atoms with E-state index in [-0.39, 0.29) is 11.7 Å². The summed E-state index contributed by atoms with van der Waals surface area (Å²) in [4.78, 5) is 11.3. The van der Waals surface area contributed by atoms with Crippen molar-refractivity contribution in [3.63, 3.8) is 0 Å². The van der Waals surface area contributed by atoms with Gasteiger partial charge < -0.3 is 5.11 Å². The fourth-order valence-electron chi connectivity index (χ4n) is 2.15. The smallest absolute Gasteiger partial charge is 0.138 e. The first-order valence-corrected chi connectivity index (χ1v) is 4.83. The van der Waals surface area contributed by atoms with E-state index in [1.54, 1.807) is 6.92 Å². The van der Waals surface area contributed by atoms with Crippen molar-refractivity contribution in [1.82, 2.24) is 0 Å². The largest absolute Gasteiger partial charge is 0.389 e. The van der Waals surface area contributed by atoms with Gasteiger partial charge in [-0.3, -0.25) is 4.79 Å². The Labute approximate surface area is 74.0 Å². The Morgan fingerprint density at radius 2 is 2.33 bits per heavy atom. The minimum absolute atomic E-state index is 0.0857. The SMILES string of the molecule is CCCC(C)(O)C1CCCC1=O. The Morgan fingerprint density at radius 1 is 1.67 bits per heavy atom. The van der Waals surface area contributed by atoms with E-state index in [1.807, 2.05) is 6.92 Å². The van der Waals surface area contributed by atoms with Gasteiger partial charge in [-0.15, -0.1) is 0 Å². The van der Waals surface area contributed by atoms with E-state index in [4.69, 9.17) is 0 Å². The van der Waals surface area contributed by atoms with Gasteiger partial charge in [0.1, 0.15) is 5.78 Å². The van der Waals surface area contributed by atoms with E-state index in [2.05, 4.69) is 0 Å². The quantitative estimate of drug-likeness (QED) is 0.702. The molecule has 0 amide bonds. The number of rotatable bonds is 3. The molecule has 2 nitrogen and oxygen atoms in total. The standard InChI is InChI=1S/C10H18O2/c1-3-7-10(2,12)8-5-4-6-9(8)11/h8,12H,3-7H2,1-2H3. The van der Waals surface area contributed by atoms with Crippen molar-refractivity contribution in [3.8, 4) is 0 Å². The Balaban J connectivity index is 2.60. The van der Waals surface area contributed by atoms with Crippen LogP contribution >= 0.6 is 0 Å². The molecule has 12 heavy (non-hydrogen) atoms. The van der Waals surface area contributed by atoms with Crippen LogP contribution in [0.4, 0.5) is 0 Å². The Kier molecular flexibility index (Phi) is 2.89. The van der Waals surface area contributed by atoms with E-state index < -0.39 is 5.60 Å². The van der Waals surface area contributed by atoms with Crippen LogP contribution in [-0.4, -0.2) is 16.5 Å². The van der Waals surface area contributed by atoms with Gasteiger partial charge in [0.25, 0.3) is 0 Å². The molecule has 1 aliphatic carbocycles. The van der Waals surface area contributed by atoms with Gasteiger partial charge in [0.15, 0.2) is 0 Å². The summed E-state index contributed by atoms with van der Waals surface area (Å²) in [6.07, 6.45) is 4.19. The number of Topliss-reactive ketones (excluding diaryl/α,β-unsaturated/α-hetero) is 1. The first-order chi connectivity index (χ1) is 5.58. The highest BCUT2D eigenvalue weighted by Gasteiger charge is 2.38. The molecule has 1 N–H and O–H groups in total. The molecular formula is C10H18O2. The predicted molar refractivity (Wildman–Crippen MR) is 47.9 cm³/mol. The topological polar surface area (TPSA) is 37.3 Å². The normalized spacial score (nSPS) is 28.9. The van der Waals surface area contributed by atoms with E-state index in [9.17, 15) is 9.90 Å². The van der Waals surface area contributed by atoms with Gasteiger partial charge in [0.05, 0.1) is 5.60 Å². The zero-order chi connectivity index (χ0) is 9.19. The summed E-state index contributed by atoms with van der Waals surface area (Å²) in [6.45, 7) is 3.83. The molecule has 0 aromatic carbocycles. The van der Waals surface area contributed by atoms with Crippen molar-refractivity contribution < 1.29 is 9.90 Å². The molecule has 0 aromatic rings. The minimum atomic E-state index is -0.748. The van der Waals surface area contributed by atoms with Crippen LogP contribution in [0.15, 0.2) is 0 Å². The lowest BCUT2D eigenvalue weighted by Gasteiger charge is -2.28. The average Bonchev–Trinajstić information content (AvgIpc) is 2.35. The highest BCUT2D eigenvalue weighted by Crippen LogP contribution is 2.33. The summed E-state index contributed by atoms with van der Waals surface area (Å²) >= 11 is 0. The third-order valence-electron chi connectivity index (χ3n) is 2.81. The van der Waals surface area contributed by atoms with Gasteiger partial charge in [0.2, 0.25) is 0 Å². The minimum Gasteiger partial charge on any atom is -0.389 e. The van der Waals surface area contributed by atoms with Gasteiger partial charge in [-0.1, -0.05) is 13.3 Å². The van der Waals surface area contributed by atoms with Crippen molar-refractivity contribution in [2.45, 2.75) is 51.6 Å².